The first kappa shape index (κ1) is 11.0. The third-order valence-corrected chi connectivity index (χ3v) is 2.13. The SMILES string of the molecule is Cc1nn(C(C)(C)C)c(Cl)c1[N+](=O)[O-]. The third kappa shape index (κ3) is 1.72. The molecule has 1 aromatic rings. The number of aryl methyl sites for hydroxylation is 1. The van der Waals surface area contributed by atoms with Crippen LogP contribution in [0.4, 0.5) is 5.69 Å². The van der Waals surface area contributed by atoms with Gasteiger partial charge in [0.15, 0.2) is 0 Å². The second kappa shape index (κ2) is 3.24. The van der Waals surface area contributed by atoms with Gasteiger partial charge in [0.05, 0.1) is 10.5 Å². The van der Waals surface area contributed by atoms with E-state index in [1.165, 1.54) is 4.68 Å². The Kier molecular flexibility index (Phi) is 2.54. The summed E-state index contributed by atoms with van der Waals surface area (Å²) in [6.07, 6.45) is 0. The van der Waals surface area contributed by atoms with Gasteiger partial charge in [0.25, 0.3) is 0 Å². The Labute approximate surface area is 86.8 Å². The summed E-state index contributed by atoms with van der Waals surface area (Å²) >= 11 is 5.87. The number of nitro groups is 1. The maximum absolute atomic E-state index is 10.7. The Balaban J connectivity index is 3.39. The van der Waals surface area contributed by atoms with Crippen molar-refractivity contribution >= 4 is 17.3 Å². The summed E-state index contributed by atoms with van der Waals surface area (Å²) in [6, 6.07) is 0. The average Bonchev–Trinajstić information content (AvgIpc) is 2.24. The van der Waals surface area contributed by atoms with Gasteiger partial charge in [-0.25, -0.2) is 4.68 Å². The summed E-state index contributed by atoms with van der Waals surface area (Å²) in [5.41, 5.74) is -0.118. The molecule has 0 saturated heterocycles. The van der Waals surface area contributed by atoms with E-state index in [1.54, 1.807) is 6.92 Å². The highest BCUT2D eigenvalue weighted by atomic mass is 35.5. The van der Waals surface area contributed by atoms with Gasteiger partial charge in [-0.3, -0.25) is 10.1 Å². The second-order valence-electron chi connectivity index (χ2n) is 4.06. The summed E-state index contributed by atoms with van der Waals surface area (Å²) in [6.45, 7) is 7.23. The summed E-state index contributed by atoms with van der Waals surface area (Å²) in [5.74, 6) is 0. The zero-order chi connectivity index (χ0) is 11.1. The van der Waals surface area contributed by atoms with Gasteiger partial charge in [-0.1, -0.05) is 11.6 Å². The van der Waals surface area contributed by atoms with Gasteiger partial charge in [0.2, 0.25) is 5.15 Å². The molecule has 0 unspecified atom stereocenters. The Morgan fingerprint density at radius 3 is 2.21 bits per heavy atom. The molecule has 78 valence electrons. The molecule has 1 aromatic heterocycles. The van der Waals surface area contributed by atoms with E-state index in [9.17, 15) is 10.1 Å². The quantitative estimate of drug-likeness (QED) is 0.536. The van der Waals surface area contributed by atoms with E-state index >= 15 is 0 Å². The maximum Gasteiger partial charge on any atom is 0.328 e. The van der Waals surface area contributed by atoms with Gasteiger partial charge in [0, 0.05) is 0 Å². The second-order valence-corrected chi connectivity index (χ2v) is 4.42. The van der Waals surface area contributed by atoms with Crippen LogP contribution in [0.15, 0.2) is 0 Å². The van der Waals surface area contributed by atoms with Crippen LogP contribution in [0, 0.1) is 17.0 Å². The molecule has 5 nitrogen and oxygen atoms in total. The van der Waals surface area contributed by atoms with Crippen molar-refractivity contribution in [3.8, 4) is 0 Å². The van der Waals surface area contributed by atoms with Gasteiger partial charge in [0.1, 0.15) is 5.69 Å². The lowest BCUT2D eigenvalue weighted by Gasteiger charge is -2.19. The lowest BCUT2D eigenvalue weighted by Crippen LogP contribution is -2.23. The van der Waals surface area contributed by atoms with Crippen molar-refractivity contribution in [1.29, 1.82) is 0 Å². The van der Waals surface area contributed by atoms with Crippen molar-refractivity contribution in [3.63, 3.8) is 0 Å². The van der Waals surface area contributed by atoms with Gasteiger partial charge >= 0.3 is 5.69 Å². The fourth-order valence-electron chi connectivity index (χ4n) is 1.14. The van der Waals surface area contributed by atoms with E-state index in [0.717, 1.165) is 0 Å². The molecule has 0 aliphatic heterocycles. The standard InChI is InChI=1S/C8H12ClN3O2/c1-5-6(12(13)14)7(9)11(10-5)8(2,3)4/h1-4H3. The lowest BCUT2D eigenvalue weighted by atomic mass is 10.1. The number of hydrogen-bond donors (Lipinski definition) is 0. The van der Waals surface area contributed by atoms with Crippen molar-refractivity contribution < 1.29 is 4.92 Å². The topological polar surface area (TPSA) is 61.0 Å². The first-order chi connectivity index (χ1) is 6.25. The molecule has 0 saturated carbocycles. The molecule has 0 radical (unpaired) electrons. The Hall–Kier alpha value is -1.10. The summed E-state index contributed by atoms with van der Waals surface area (Å²) in [4.78, 5) is 10.1. The number of halogens is 1. The van der Waals surface area contributed by atoms with Crippen molar-refractivity contribution in [2.24, 2.45) is 0 Å². The molecule has 0 aliphatic rings. The van der Waals surface area contributed by atoms with Crippen LogP contribution in [0.1, 0.15) is 26.5 Å². The van der Waals surface area contributed by atoms with Crippen molar-refractivity contribution in [2.75, 3.05) is 0 Å². The molecule has 0 aliphatic carbocycles. The van der Waals surface area contributed by atoms with Crippen molar-refractivity contribution in [1.82, 2.24) is 9.78 Å². The van der Waals surface area contributed by atoms with E-state index in [1.807, 2.05) is 20.8 Å². The Bertz CT molecular complexity index is 379. The summed E-state index contributed by atoms with van der Waals surface area (Å²) in [7, 11) is 0. The van der Waals surface area contributed by atoms with Gasteiger partial charge in [-0.2, -0.15) is 5.10 Å². The van der Waals surface area contributed by atoms with Gasteiger partial charge < -0.3 is 0 Å². The third-order valence-electron chi connectivity index (χ3n) is 1.79. The summed E-state index contributed by atoms with van der Waals surface area (Å²) in [5, 5.41) is 14.8. The lowest BCUT2D eigenvalue weighted by molar-refractivity contribution is -0.385. The Morgan fingerprint density at radius 1 is 1.50 bits per heavy atom. The highest BCUT2D eigenvalue weighted by Gasteiger charge is 2.28. The first-order valence-electron chi connectivity index (χ1n) is 4.15. The molecule has 1 rings (SSSR count). The minimum absolute atomic E-state index is 0.0833. The van der Waals surface area contributed by atoms with Crippen molar-refractivity contribution in [3.05, 3.63) is 21.0 Å². The zero-order valence-corrected chi connectivity index (χ0v) is 9.29. The minimum atomic E-state index is -0.507. The molecule has 0 atom stereocenters. The molecule has 1 heterocycles. The van der Waals surface area contributed by atoms with Crippen LogP contribution in [0.25, 0.3) is 0 Å². The molecular weight excluding hydrogens is 206 g/mol. The van der Waals surface area contributed by atoms with Crippen LogP contribution in [-0.4, -0.2) is 14.7 Å². The largest absolute Gasteiger partial charge is 0.328 e. The predicted octanol–water partition coefficient (Wildman–Crippen LogP) is 2.51. The molecule has 0 aromatic carbocycles. The highest BCUT2D eigenvalue weighted by molar-refractivity contribution is 6.31. The first-order valence-corrected chi connectivity index (χ1v) is 4.53. The normalized spacial score (nSPS) is 11.8. The smallest absolute Gasteiger partial charge is 0.258 e. The number of rotatable bonds is 1. The Morgan fingerprint density at radius 2 is 2.00 bits per heavy atom. The van der Waals surface area contributed by atoms with Crippen molar-refractivity contribution in [2.45, 2.75) is 33.2 Å². The molecular formula is C8H12ClN3O2. The maximum atomic E-state index is 10.7. The molecule has 0 bridgehead atoms. The van der Waals surface area contributed by atoms with Crippen LogP contribution in [0.5, 0.6) is 0 Å². The fraction of sp³-hybridized carbons (Fsp3) is 0.625. The number of aromatic nitrogens is 2. The van der Waals surface area contributed by atoms with E-state index in [0.29, 0.717) is 5.69 Å². The van der Waals surface area contributed by atoms with Crippen LogP contribution < -0.4 is 0 Å². The monoisotopic (exact) mass is 217 g/mol. The summed E-state index contributed by atoms with van der Waals surface area (Å²) < 4.78 is 1.46. The van der Waals surface area contributed by atoms with Crippen LogP contribution in [0.2, 0.25) is 5.15 Å². The van der Waals surface area contributed by atoms with Crippen LogP contribution in [-0.2, 0) is 5.54 Å². The zero-order valence-electron chi connectivity index (χ0n) is 8.54. The molecule has 0 fully saturated rings. The fourth-order valence-corrected chi connectivity index (χ4v) is 1.64. The van der Waals surface area contributed by atoms with E-state index in [4.69, 9.17) is 11.6 Å². The van der Waals surface area contributed by atoms with E-state index < -0.39 is 4.92 Å². The molecule has 0 amide bonds. The predicted molar refractivity (Wildman–Crippen MR) is 53.6 cm³/mol. The number of nitrogens with zero attached hydrogens (tertiary/aromatic N) is 3. The molecule has 0 spiro atoms. The number of hydrogen-bond acceptors (Lipinski definition) is 3. The molecule has 14 heavy (non-hydrogen) atoms. The molecule has 6 heteroatoms. The van der Waals surface area contributed by atoms with Gasteiger partial charge in [-0.05, 0) is 27.7 Å². The average molecular weight is 218 g/mol. The van der Waals surface area contributed by atoms with Crippen LogP contribution in [0.3, 0.4) is 0 Å². The highest BCUT2D eigenvalue weighted by Crippen LogP contribution is 2.31. The minimum Gasteiger partial charge on any atom is -0.258 e. The van der Waals surface area contributed by atoms with E-state index in [2.05, 4.69) is 5.10 Å². The van der Waals surface area contributed by atoms with E-state index in [-0.39, 0.29) is 16.4 Å². The molecule has 0 N–H and O–H groups in total. The van der Waals surface area contributed by atoms with Crippen LogP contribution >= 0.6 is 11.6 Å². The van der Waals surface area contributed by atoms with Gasteiger partial charge in [-0.15, -0.1) is 0 Å².